The third-order valence-corrected chi connectivity index (χ3v) is 6.85. The number of benzene rings is 1. The maximum Gasteiger partial charge on any atom is 0.254 e. The maximum atomic E-state index is 13.6. The summed E-state index contributed by atoms with van der Waals surface area (Å²) in [4.78, 5) is 22.1. The molecular formula is C27H26FN5O2. The molecule has 35 heavy (non-hydrogen) atoms. The van der Waals surface area contributed by atoms with E-state index in [1.54, 1.807) is 12.4 Å². The first-order valence-electron chi connectivity index (χ1n) is 12.0. The van der Waals surface area contributed by atoms with Crippen LogP contribution in [0.2, 0.25) is 0 Å². The molecule has 2 aliphatic heterocycles. The highest BCUT2D eigenvalue weighted by molar-refractivity contribution is 6.06. The highest BCUT2D eigenvalue weighted by Gasteiger charge is 2.28. The molecule has 1 aromatic carbocycles. The number of aromatic nitrogens is 3. The van der Waals surface area contributed by atoms with Crippen LogP contribution < -0.4 is 10.6 Å². The van der Waals surface area contributed by atoms with Gasteiger partial charge in [-0.25, -0.2) is 14.4 Å². The van der Waals surface area contributed by atoms with Gasteiger partial charge in [-0.1, -0.05) is 25.5 Å². The standard InChI is InChI=1S/C27H26FN5O2/c1-2-3-21-18(16-9-11-35-15-16)5-7-24(31-21)32-22-6-4-19(20-13-30-27(34)26(20)22)23-14-29-25-12-17(28)8-10-33(23)25/h4-8,10,12,14,16H,2-3,9,11,13,15H2,1H3,(H,30,34)(H,31,32)/t16-/m0/s1. The fourth-order valence-electron chi connectivity index (χ4n) is 5.16. The number of ether oxygens (including phenoxy) is 1. The van der Waals surface area contributed by atoms with Gasteiger partial charge in [-0.2, -0.15) is 0 Å². The first-order chi connectivity index (χ1) is 17.1. The maximum absolute atomic E-state index is 13.6. The lowest BCUT2D eigenvalue weighted by atomic mass is 9.95. The zero-order chi connectivity index (χ0) is 23.9. The molecule has 1 fully saturated rings. The van der Waals surface area contributed by atoms with Crippen LogP contribution in [0.5, 0.6) is 0 Å². The molecule has 8 heteroatoms. The number of hydrogen-bond acceptors (Lipinski definition) is 5. The first-order valence-corrected chi connectivity index (χ1v) is 12.0. The van der Waals surface area contributed by atoms with Gasteiger partial charge < -0.3 is 15.4 Å². The number of anilines is 2. The molecule has 178 valence electrons. The number of aryl methyl sites for hydroxylation is 1. The monoisotopic (exact) mass is 471 g/mol. The van der Waals surface area contributed by atoms with Crippen LogP contribution in [0, 0.1) is 5.82 Å². The van der Waals surface area contributed by atoms with E-state index in [0.29, 0.717) is 29.4 Å². The van der Waals surface area contributed by atoms with Gasteiger partial charge in [0.2, 0.25) is 0 Å². The molecule has 0 saturated carbocycles. The van der Waals surface area contributed by atoms with E-state index in [-0.39, 0.29) is 11.7 Å². The summed E-state index contributed by atoms with van der Waals surface area (Å²) in [6, 6.07) is 10.8. The van der Waals surface area contributed by atoms with Crippen LogP contribution in [0.25, 0.3) is 16.9 Å². The van der Waals surface area contributed by atoms with Crippen molar-refractivity contribution in [2.45, 2.75) is 38.6 Å². The molecule has 1 saturated heterocycles. The van der Waals surface area contributed by atoms with Crippen molar-refractivity contribution in [1.29, 1.82) is 0 Å². The van der Waals surface area contributed by atoms with Gasteiger partial charge >= 0.3 is 0 Å². The predicted molar refractivity (Wildman–Crippen MR) is 131 cm³/mol. The lowest BCUT2D eigenvalue weighted by molar-refractivity contribution is 0.0966. The smallest absolute Gasteiger partial charge is 0.254 e. The van der Waals surface area contributed by atoms with Crippen LogP contribution >= 0.6 is 0 Å². The molecule has 1 atom stereocenters. The van der Waals surface area contributed by atoms with E-state index >= 15 is 0 Å². The number of imidazole rings is 1. The minimum absolute atomic E-state index is 0.127. The van der Waals surface area contributed by atoms with Gasteiger partial charge in [0.1, 0.15) is 17.3 Å². The molecule has 5 heterocycles. The van der Waals surface area contributed by atoms with Crippen LogP contribution in [-0.2, 0) is 17.7 Å². The van der Waals surface area contributed by atoms with Crippen molar-refractivity contribution >= 4 is 23.1 Å². The van der Waals surface area contributed by atoms with Crippen molar-refractivity contribution < 1.29 is 13.9 Å². The Hall–Kier alpha value is -3.78. The van der Waals surface area contributed by atoms with Crippen molar-refractivity contribution in [3.63, 3.8) is 0 Å². The Morgan fingerprint density at radius 3 is 3.00 bits per heavy atom. The van der Waals surface area contributed by atoms with Gasteiger partial charge in [-0.05, 0) is 42.2 Å². The van der Waals surface area contributed by atoms with Crippen molar-refractivity contribution in [2.24, 2.45) is 0 Å². The summed E-state index contributed by atoms with van der Waals surface area (Å²) in [5.74, 6) is 0.651. The number of nitrogens with zero attached hydrogens (tertiary/aromatic N) is 3. The Labute approximate surface area is 202 Å². The van der Waals surface area contributed by atoms with E-state index in [2.05, 4.69) is 28.6 Å². The second-order valence-electron chi connectivity index (χ2n) is 9.08. The van der Waals surface area contributed by atoms with Crippen molar-refractivity contribution in [1.82, 2.24) is 19.7 Å². The second kappa shape index (κ2) is 8.78. The second-order valence-corrected chi connectivity index (χ2v) is 9.08. The number of rotatable bonds is 6. The van der Waals surface area contributed by atoms with Gasteiger partial charge in [0.25, 0.3) is 5.91 Å². The van der Waals surface area contributed by atoms with E-state index in [1.807, 2.05) is 22.6 Å². The van der Waals surface area contributed by atoms with Crippen LogP contribution in [0.3, 0.4) is 0 Å². The highest BCUT2D eigenvalue weighted by atomic mass is 19.1. The number of halogens is 1. The van der Waals surface area contributed by atoms with Gasteiger partial charge in [-0.3, -0.25) is 9.20 Å². The number of carbonyl (C=O) groups is 1. The Morgan fingerprint density at radius 1 is 1.26 bits per heavy atom. The summed E-state index contributed by atoms with van der Waals surface area (Å²) in [5, 5.41) is 6.34. The summed E-state index contributed by atoms with van der Waals surface area (Å²) in [7, 11) is 0. The molecule has 2 N–H and O–H groups in total. The van der Waals surface area contributed by atoms with Crippen molar-refractivity contribution in [2.75, 3.05) is 18.5 Å². The Kier molecular flexibility index (Phi) is 5.45. The van der Waals surface area contributed by atoms with E-state index in [1.165, 1.54) is 17.7 Å². The first kappa shape index (κ1) is 21.7. The topological polar surface area (TPSA) is 80.5 Å². The molecule has 1 amide bonds. The third kappa shape index (κ3) is 3.83. The number of amides is 1. The number of pyridine rings is 2. The van der Waals surface area contributed by atoms with E-state index in [4.69, 9.17) is 9.72 Å². The summed E-state index contributed by atoms with van der Waals surface area (Å²) in [6.07, 6.45) is 6.30. The summed E-state index contributed by atoms with van der Waals surface area (Å²) in [6.45, 7) is 4.12. The minimum Gasteiger partial charge on any atom is -0.381 e. The van der Waals surface area contributed by atoms with E-state index in [9.17, 15) is 9.18 Å². The summed E-state index contributed by atoms with van der Waals surface area (Å²) in [5.41, 5.74) is 6.77. The fourth-order valence-corrected chi connectivity index (χ4v) is 5.16. The molecule has 0 aliphatic carbocycles. The Balaban J connectivity index is 1.38. The Morgan fingerprint density at radius 2 is 2.17 bits per heavy atom. The lowest BCUT2D eigenvalue weighted by Gasteiger charge is -2.17. The van der Waals surface area contributed by atoms with Crippen LogP contribution in [-0.4, -0.2) is 33.5 Å². The SMILES string of the molecule is CCCc1nc(Nc2ccc(-c3cnc4cc(F)ccn34)c3c2C(=O)NC3)ccc1[C@H]1CCOC1. The zero-order valence-electron chi connectivity index (χ0n) is 19.5. The zero-order valence-corrected chi connectivity index (χ0v) is 19.5. The number of nitrogens with one attached hydrogen (secondary N) is 2. The normalized spacial score (nSPS) is 17.1. The van der Waals surface area contributed by atoms with Gasteiger partial charge in [-0.15, -0.1) is 0 Å². The number of hydrogen-bond donors (Lipinski definition) is 2. The predicted octanol–water partition coefficient (Wildman–Crippen LogP) is 4.98. The fraction of sp³-hybridized carbons (Fsp3) is 0.296. The molecule has 2 aliphatic rings. The summed E-state index contributed by atoms with van der Waals surface area (Å²) >= 11 is 0. The molecule has 4 aromatic rings. The number of carbonyl (C=O) groups excluding carboxylic acids is 1. The minimum atomic E-state index is -0.335. The average Bonchev–Trinajstić information content (AvgIpc) is 3.60. The van der Waals surface area contributed by atoms with E-state index < -0.39 is 0 Å². The molecule has 0 unspecified atom stereocenters. The van der Waals surface area contributed by atoms with Gasteiger partial charge in [0.05, 0.1) is 29.7 Å². The number of fused-ring (bicyclic) bond motifs is 2. The largest absolute Gasteiger partial charge is 0.381 e. The highest BCUT2D eigenvalue weighted by Crippen LogP contribution is 2.36. The van der Waals surface area contributed by atoms with Gasteiger partial charge in [0.15, 0.2) is 0 Å². The van der Waals surface area contributed by atoms with E-state index in [0.717, 1.165) is 60.8 Å². The molecule has 0 radical (unpaired) electrons. The summed E-state index contributed by atoms with van der Waals surface area (Å²) < 4.78 is 21.1. The van der Waals surface area contributed by atoms with Crippen LogP contribution in [0.1, 0.15) is 52.9 Å². The third-order valence-electron chi connectivity index (χ3n) is 6.85. The molecular weight excluding hydrogens is 445 g/mol. The Bertz CT molecular complexity index is 1440. The van der Waals surface area contributed by atoms with Crippen molar-refractivity contribution in [3.05, 3.63) is 77.0 Å². The quantitative estimate of drug-likeness (QED) is 0.415. The molecule has 6 rings (SSSR count). The molecule has 0 bridgehead atoms. The average molecular weight is 472 g/mol. The van der Waals surface area contributed by atoms with Gasteiger partial charge in [0, 0.05) is 42.6 Å². The van der Waals surface area contributed by atoms with Crippen LogP contribution in [0.15, 0.2) is 48.8 Å². The lowest BCUT2D eigenvalue weighted by Crippen LogP contribution is -2.14. The van der Waals surface area contributed by atoms with Crippen molar-refractivity contribution in [3.8, 4) is 11.3 Å². The van der Waals surface area contributed by atoms with Crippen LogP contribution in [0.4, 0.5) is 15.9 Å². The molecule has 3 aromatic heterocycles. The molecule has 0 spiro atoms. The molecule has 7 nitrogen and oxygen atoms in total.